The predicted molar refractivity (Wildman–Crippen MR) is 52.4 cm³/mol. The molecule has 2 rings (SSSR count). The van der Waals surface area contributed by atoms with Crippen molar-refractivity contribution in [3.05, 3.63) is 35.4 Å². The van der Waals surface area contributed by atoms with Gasteiger partial charge in [-0.15, -0.1) is 5.16 Å². The average molecular weight is 175 g/mol. The van der Waals surface area contributed by atoms with Crippen molar-refractivity contribution in [2.24, 2.45) is 5.16 Å². The lowest BCUT2D eigenvalue weighted by Crippen LogP contribution is -1.93. The van der Waals surface area contributed by atoms with E-state index in [-0.39, 0.29) is 0 Å². The minimum Gasteiger partial charge on any atom is -0.411 e. The van der Waals surface area contributed by atoms with Crippen molar-refractivity contribution in [2.75, 3.05) is 0 Å². The molecule has 0 aliphatic heterocycles. The zero-order valence-electron chi connectivity index (χ0n) is 7.48. The second kappa shape index (κ2) is 3.60. The van der Waals surface area contributed by atoms with Crippen LogP contribution in [0.4, 0.5) is 0 Å². The van der Waals surface area contributed by atoms with Crippen LogP contribution in [-0.4, -0.2) is 11.4 Å². The molecule has 1 N–H and O–H groups in total. The Morgan fingerprint density at radius 1 is 1.46 bits per heavy atom. The first-order valence-corrected chi connectivity index (χ1v) is 4.65. The lowest BCUT2D eigenvalue weighted by molar-refractivity contribution is 0.320. The third kappa shape index (κ3) is 1.57. The topological polar surface area (TPSA) is 32.6 Å². The summed E-state index contributed by atoms with van der Waals surface area (Å²) in [4.78, 5) is 0. The van der Waals surface area contributed by atoms with E-state index in [9.17, 15) is 0 Å². The van der Waals surface area contributed by atoms with E-state index in [2.05, 4.69) is 29.4 Å². The fourth-order valence-electron chi connectivity index (χ4n) is 2.06. The van der Waals surface area contributed by atoms with E-state index in [0.717, 1.165) is 6.42 Å². The van der Waals surface area contributed by atoms with E-state index in [1.165, 1.54) is 24.0 Å². The van der Waals surface area contributed by atoms with Gasteiger partial charge in [-0.25, -0.2) is 0 Å². The summed E-state index contributed by atoms with van der Waals surface area (Å²) in [7, 11) is 0. The highest BCUT2D eigenvalue weighted by molar-refractivity contribution is 5.58. The summed E-state index contributed by atoms with van der Waals surface area (Å²) in [6.45, 7) is 0. The molecule has 2 heteroatoms. The summed E-state index contributed by atoms with van der Waals surface area (Å²) in [5.74, 6) is 0.562. The smallest absolute Gasteiger partial charge is 0.0442 e. The number of rotatable bonds is 2. The van der Waals surface area contributed by atoms with Crippen molar-refractivity contribution in [1.29, 1.82) is 0 Å². The van der Waals surface area contributed by atoms with Crippen LogP contribution in [0.15, 0.2) is 29.4 Å². The first-order chi connectivity index (χ1) is 6.42. The van der Waals surface area contributed by atoms with Gasteiger partial charge < -0.3 is 5.21 Å². The summed E-state index contributed by atoms with van der Waals surface area (Å²) in [5, 5.41) is 11.4. The maximum absolute atomic E-state index is 8.34. The maximum atomic E-state index is 8.34. The van der Waals surface area contributed by atoms with Crippen LogP contribution in [0.2, 0.25) is 0 Å². The Balaban J connectivity index is 2.18. The Morgan fingerprint density at radius 2 is 2.31 bits per heavy atom. The first-order valence-electron chi connectivity index (χ1n) is 4.65. The molecule has 0 spiro atoms. The van der Waals surface area contributed by atoms with Crippen LogP contribution >= 0.6 is 0 Å². The first kappa shape index (κ1) is 8.30. The number of fused-ring (bicyclic) bond motifs is 1. The number of oxime groups is 1. The highest BCUT2D eigenvalue weighted by atomic mass is 16.4. The molecular weight excluding hydrogens is 162 g/mol. The summed E-state index contributed by atoms with van der Waals surface area (Å²) in [6, 6.07) is 8.53. The van der Waals surface area contributed by atoms with Crippen LogP contribution in [-0.2, 0) is 6.42 Å². The SMILES string of the molecule is ON=CCC1CCc2ccccc21. The zero-order valence-corrected chi connectivity index (χ0v) is 7.48. The van der Waals surface area contributed by atoms with Crippen LogP contribution in [0.25, 0.3) is 0 Å². The average Bonchev–Trinajstić information content (AvgIpc) is 2.58. The van der Waals surface area contributed by atoms with E-state index in [1.54, 1.807) is 6.21 Å². The largest absolute Gasteiger partial charge is 0.411 e. The molecule has 1 aliphatic carbocycles. The van der Waals surface area contributed by atoms with Gasteiger partial charge in [-0.05, 0) is 36.3 Å². The van der Waals surface area contributed by atoms with Gasteiger partial charge >= 0.3 is 0 Å². The van der Waals surface area contributed by atoms with Crippen LogP contribution in [0.1, 0.15) is 29.9 Å². The fraction of sp³-hybridized carbons (Fsp3) is 0.364. The van der Waals surface area contributed by atoms with Gasteiger partial charge in [0.1, 0.15) is 0 Å². The van der Waals surface area contributed by atoms with Crippen LogP contribution in [0, 0.1) is 0 Å². The number of hydrogen-bond acceptors (Lipinski definition) is 2. The van der Waals surface area contributed by atoms with Gasteiger partial charge in [-0.3, -0.25) is 0 Å². The highest BCUT2D eigenvalue weighted by Gasteiger charge is 2.20. The number of nitrogens with zero attached hydrogens (tertiary/aromatic N) is 1. The molecule has 68 valence electrons. The predicted octanol–water partition coefficient (Wildman–Crippen LogP) is 2.57. The number of benzene rings is 1. The second-order valence-electron chi connectivity index (χ2n) is 3.47. The third-order valence-electron chi connectivity index (χ3n) is 2.73. The van der Waals surface area contributed by atoms with Gasteiger partial charge in [0.2, 0.25) is 0 Å². The summed E-state index contributed by atoms with van der Waals surface area (Å²) < 4.78 is 0. The minimum atomic E-state index is 0.562. The van der Waals surface area contributed by atoms with Crippen LogP contribution in [0.3, 0.4) is 0 Å². The molecule has 0 amide bonds. The van der Waals surface area contributed by atoms with Gasteiger partial charge in [0.25, 0.3) is 0 Å². The number of aryl methyl sites for hydroxylation is 1. The summed E-state index contributed by atoms with van der Waals surface area (Å²) in [6.07, 6.45) is 4.80. The van der Waals surface area contributed by atoms with E-state index in [0.29, 0.717) is 5.92 Å². The Labute approximate surface area is 77.9 Å². The molecular formula is C11H13NO. The lowest BCUT2D eigenvalue weighted by Gasteiger charge is -2.06. The molecule has 1 aromatic carbocycles. The monoisotopic (exact) mass is 175 g/mol. The Bertz CT molecular complexity index is 320. The highest BCUT2D eigenvalue weighted by Crippen LogP contribution is 2.34. The molecule has 0 saturated heterocycles. The lowest BCUT2D eigenvalue weighted by atomic mass is 9.99. The van der Waals surface area contributed by atoms with E-state index >= 15 is 0 Å². The van der Waals surface area contributed by atoms with Crippen molar-refractivity contribution in [1.82, 2.24) is 0 Å². The molecule has 1 unspecified atom stereocenters. The fourth-order valence-corrected chi connectivity index (χ4v) is 2.06. The molecule has 1 aliphatic rings. The van der Waals surface area contributed by atoms with E-state index in [1.807, 2.05) is 0 Å². The Hall–Kier alpha value is -1.31. The Kier molecular flexibility index (Phi) is 2.30. The van der Waals surface area contributed by atoms with Crippen molar-refractivity contribution in [2.45, 2.75) is 25.2 Å². The summed E-state index contributed by atoms with van der Waals surface area (Å²) in [5.41, 5.74) is 2.89. The number of hydrogen-bond donors (Lipinski definition) is 1. The summed E-state index contributed by atoms with van der Waals surface area (Å²) >= 11 is 0. The minimum absolute atomic E-state index is 0.562. The molecule has 13 heavy (non-hydrogen) atoms. The van der Waals surface area contributed by atoms with Crippen LogP contribution < -0.4 is 0 Å². The Morgan fingerprint density at radius 3 is 3.15 bits per heavy atom. The van der Waals surface area contributed by atoms with Crippen molar-refractivity contribution in [3.8, 4) is 0 Å². The quantitative estimate of drug-likeness (QED) is 0.418. The van der Waals surface area contributed by atoms with Crippen molar-refractivity contribution in [3.63, 3.8) is 0 Å². The molecule has 0 heterocycles. The molecule has 0 bridgehead atoms. The third-order valence-corrected chi connectivity index (χ3v) is 2.73. The molecule has 0 saturated carbocycles. The van der Waals surface area contributed by atoms with Gasteiger partial charge in [-0.1, -0.05) is 24.3 Å². The van der Waals surface area contributed by atoms with E-state index in [4.69, 9.17) is 5.21 Å². The van der Waals surface area contributed by atoms with Gasteiger partial charge in [-0.2, -0.15) is 0 Å². The van der Waals surface area contributed by atoms with Crippen molar-refractivity contribution >= 4 is 6.21 Å². The van der Waals surface area contributed by atoms with Crippen LogP contribution in [0.5, 0.6) is 0 Å². The normalized spacial score (nSPS) is 20.8. The molecule has 1 aromatic rings. The maximum Gasteiger partial charge on any atom is 0.0442 e. The van der Waals surface area contributed by atoms with Gasteiger partial charge in [0, 0.05) is 6.21 Å². The zero-order chi connectivity index (χ0) is 9.10. The molecule has 0 fully saturated rings. The van der Waals surface area contributed by atoms with Crippen molar-refractivity contribution < 1.29 is 5.21 Å². The molecule has 0 aromatic heterocycles. The van der Waals surface area contributed by atoms with E-state index < -0.39 is 0 Å². The standard InChI is InChI=1S/C11H13NO/c13-12-8-7-10-6-5-9-3-1-2-4-11(9)10/h1-4,8,10,13H,5-7H2. The molecule has 0 radical (unpaired) electrons. The molecule has 1 atom stereocenters. The second-order valence-corrected chi connectivity index (χ2v) is 3.47. The van der Waals surface area contributed by atoms with Gasteiger partial charge in [0.05, 0.1) is 0 Å². The molecule has 2 nitrogen and oxygen atoms in total. The van der Waals surface area contributed by atoms with Gasteiger partial charge in [0.15, 0.2) is 0 Å².